The van der Waals surface area contributed by atoms with Crippen LogP contribution in [0.1, 0.15) is 117 Å². The number of hydrogen-bond donors (Lipinski definition) is 0. The van der Waals surface area contributed by atoms with Gasteiger partial charge in [-0.15, -0.1) is 0 Å². The number of unbranched alkanes of at least 4 members (excludes halogenated alkanes) is 12. The summed E-state index contributed by atoms with van der Waals surface area (Å²) in [5.41, 5.74) is 3.17. The molecule has 0 amide bonds. The molecule has 3 aromatic rings. The van der Waals surface area contributed by atoms with Gasteiger partial charge in [0.25, 0.3) is 0 Å². The fourth-order valence-corrected chi connectivity index (χ4v) is 18.7. The Hall–Kier alpha value is 0.797. The summed E-state index contributed by atoms with van der Waals surface area (Å²) in [5.74, 6) is 0.832. The number of aromatic nitrogens is 1. The van der Waals surface area contributed by atoms with Gasteiger partial charge in [0.05, 0.1) is 0 Å². The molecule has 0 spiro atoms. The fourth-order valence-electron chi connectivity index (χ4n) is 5.92. The summed E-state index contributed by atoms with van der Waals surface area (Å²) in [6.45, 7) is 5.90. The third-order valence-corrected chi connectivity index (χ3v) is 29.8. The average molecular weight is 785 g/mol. The first-order chi connectivity index (χ1) is 18.6. The molecule has 39 heavy (non-hydrogen) atoms. The summed E-state index contributed by atoms with van der Waals surface area (Å²) in [5, 5.41) is 0. The van der Waals surface area contributed by atoms with Gasteiger partial charge >= 0.3 is 221 Å². The van der Waals surface area contributed by atoms with E-state index in [0.717, 1.165) is 5.92 Å². The molecule has 5 heteroatoms. The van der Waals surface area contributed by atoms with Crippen molar-refractivity contribution in [2.24, 2.45) is 5.92 Å². The van der Waals surface area contributed by atoms with Crippen LogP contribution in [0.25, 0.3) is 20.4 Å². The maximum atomic E-state index is 2.83. The number of hydrogen-bond acceptors (Lipinski definition) is 2. The van der Waals surface area contributed by atoms with E-state index in [9.17, 15) is 0 Å². The molecule has 3 rings (SSSR count). The molecule has 3 heterocycles. The van der Waals surface area contributed by atoms with Crippen LogP contribution < -0.4 is 5.79 Å². The molecule has 0 aromatic carbocycles. The third-order valence-electron chi connectivity index (χ3n) is 8.56. The van der Waals surface area contributed by atoms with E-state index in [2.05, 4.69) is 82.9 Å². The third kappa shape index (κ3) is 10.5. The van der Waals surface area contributed by atoms with Crippen LogP contribution in [-0.2, 0) is 6.54 Å². The van der Waals surface area contributed by atoms with Crippen molar-refractivity contribution >= 4 is 85.6 Å². The van der Waals surface area contributed by atoms with Gasteiger partial charge in [-0.05, 0) is 0 Å². The molecule has 0 fully saturated rings. The van der Waals surface area contributed by atoms with Gasteiger partial charge in [0.1, 0.15) is 0 Å². The number of thiophene rings is 2. The quantitative estimate of drug-likeness (QED) is 0.0794. The van der Waals surface area contributed by atoms with E-state index >= 15 is 0 Å². The van der Waals surface area contributed by atoms with Crippen LogP contribution in [0.15, 0.2) is 12.1 Å². The summed E-state index contributed by atoms with van der Waals surface area (Å²) >= 11 is 0.137. The van der Waals surface area contributed by atoms with Gasteiger partial charge in [-0.3, -0.25) is 0 Å². The Morgan fingerprint density at radius 3 is 1.28 bits per heavy atom. The van der Waals surface area contributed by atoms with E-state index in [1.165, 1.54) is 109 Å². The monoisotopic (exact) mass is 787 g/mol. The van der Waals surface area contributed by atoms with Crippen molar-refractivity contribution in [3.05, 3.63) is 12.1 Å². The Balaban J connectivity index is 1.78. The predicted molar refractivity (Wildman–Crippen MR) is 190 cm³/mol. The molecule has 0 aliphatic carbocycles. The molecule has 0 N–H and O–H groups in total. The maximum absolute atomic E-state index is 2.83. The van der Waals surface area contributed by atoms with Crippen LogP contribution in [0.3, 0.4) is 0 Å². The Kier molecular flexibility index (Phi) is 14.6. The van der Waals surface area contributed by atoms with E-state index < -0.39 is 36.8 Å². The van der Waals surface area contributed by atoms with Crippen molar-refractivity contribution in [3.8, 4) is 0 Å². The molecule has 3 aromatic heterocycles. The molecule has 0 saturated carbocycles. The molecule has 0 bridgehead atoms. The zero-order chi connectivity index (χ0) is 28.5. The number of rotatable bonds is 20. The zero-order valence-electron chi connectivity index (χ0n) is 27.0. The number of nitrogens with zero attached hydrogens (tertiary/aromatic N) is 1. The molecule has 222 valence electrons. The van der Waals surface area contributed by atoms with E-state index in [0.29, 0.717) is 0 Å². The molecule has 0 aliphatic rings. The average Bonchev–Trinajstić information content (AvgIpc) is 3.55. The number of fused-ring (bicyclic) bond motifs is 3. The summed E-state index contributed by atoms with van der Waals surface area (Å²) in [6.07, 6.45) is 22.8. The normalized spacial score (nSPS) is 13.7. The van der Waals surface area contributed by atoms with Crippen LogP contribution >= 0.6 is 22.7 Å². The van der Waals surface area contributed by atoms with Gasteiger partial charge in [0.15, 0.2) is 0 Å². The Bertz CT molecular complexity index is 1040. The molecule has 0 saturated heterocycles. The second kappa shape index (κ2) is 16.6. The minimum absolute atomic E-state index is 0.832. The van der Waals surface area contributed by atoms with Crippen LogP contribution in [0.4, 0.5) is 0 Å². The van der Waals surface area contributed by atoms with Crippen molar-refractivity contribution < 1.29 is 0 Å². The summed E-state index contributed by atoms with van der Waals surface area (Å²) in [4.78, 5) is 15.6. The summed E-state index contributed by atoms with van der Waals surface area (Å²) < 4.78 is 9.60. The zero-order valence-corrected chi connectivity index (χ0v) is 34.4. The van der Waals surface area contributed by atoms with E-state index in [-0.39, 0.29) is 0 Å². The first-order valence-electron chi connectivity index (χ1n) is 16.6. The Labute approximate surface area is 258 Å². The molecule has 1 nitrogen and oxygen atoms in total. The van der Waals surface area contributed by atoms with Crippen molar-refractivity contribution in [2.75, 3.05) is 0 Å². The molecule has 1 atom stereocenters. The van der Waals surface area contributed by atoms with Gasteiger partial charge in [-0.2, -0.15) is 0 Å². The van der Waals surface area contributed by atoms with E-state index in [4.69, 9.17) is 0 Å². The van der Waals surface area contributed by atoms with Crippen molar-refractivity contribution in [2.45, 2.75) is 153 Å². The van der Waals surface area contributed by atoms with Crippen LogP contribution in [0, 0.1) is 5.92 Å². The molecular formula is C34H61NS2Sn2. The Morgan fingerprint density at radius 2 is 0.923 bits per heavy atom. The van der Waals surface area contributed by atoms with Gasteiger partial charge in [-0.1, -0.05) is 39.5 Å². The molecule has 0 aliphatic heterocycles. The van der Waals surface area contributed by atoms with E-state index in [1.54, 1.807) is 26.2 Å². The van der Waals surface area contributed by atoms with Gasteiger partial charge in [0.2, 0.25) is 0 Å². The van der Waals surface area contributed by atoms with Crippen LogP contribution in [0.5, 0.6) is 0 Å². The molecular weight excluding hydrogens is 724 g/mol. The second-order valence-electron chi connectivity index (χ2n) is 14.4. The minimum atomic E-state index is -2.10. The standard InChI is InChI=1S/C28H43NS2.6CH3.2Sn/c1-3-5-7-9-11-12-14-16-18-24(17-15-13-10-8-6-4-2)23-29-25-19-21-30-27(25)28-26(29)20-22-31-28;;;;;;;;/h19-20,24H,3-18,23H2,1-2H3;6*1H3;;. The fraction of sp³-hybridized carbons (Fsp3) is 0.765. The summed E-state index contributed by atoms with van der Waals surface area (Å²) in [6, 6.07) is 5.31. The van der Waals surface area contributed by atoms with E-state index in [1.807, 2.05) is 0 Å². The van der Waals surface area contributed by atoms with Gasteiger partial charge < -0.3 is 0 Å². The second-order valence-corrected chi connectivity index (χ2v) is 47.4. The van der Waals surface area contributed by atoms with Crippen molar-refractivity contribution in [1.82, 2.24) is 4.57 Å². The Morgan fingerprint density at radius 1 is 0.564 bits per heavy atom. The van der Waals surface area contributed by atoms with Gasteiger partial charge in [0, 0.05) is 0 Å². The van der Waals surface area contributed by atoms with Gasteiger partial charge in [-0.25, -0.2) is 0 Å². The molecule has 0 radical (unpaired) electrons. The first-order valence-corrected chi connectivity index (χ1v) is 38.2. The summed E-state index contributed by atoms with van der Waals surface area (Å²) in [7, 11) is 0. The van der Waals surface area contributed by atoms with Crippen LogP contribution in [0.2, 0.25) is 29.6 Å². The molecule has 1 unspecified atom stereocenters. The van der Waals surface area contributed by atoms with Crippen LogP contribution in [-0.4, -0.2) is 41.3 Å². The van der Waals surface area contributed by atoms with Crippen molar-refractivity contribution in [3.63, 3.8) is 0 Å². The topological polar surface area (TPSA) is 4.93 Å². The SMILES string of the molecule is CCCCCCCCCCC(CCCCCCCC)Cn1c2c[c]([Sn]([CH3])([CH3])[CH3])sc2c2s[c]([Sn]([CH3])([CH3])[CH3])cc21. The predicted octanol–water partition coefficient (Wildman–Crippen LogP) is 11.9. The van der Waals surface area contributed by atoms with Crippen molar-refractivity contribution in [1.29, 1.82) is 0 Å². The first kappa shape index (κ1) is 34.3.